The number of rotatable bonds is 2. The predicted molar refractivity (Wildman–Crippen MR) is 87.4 cm³/mol. The predicted octanol–water partition coefficient (Wildman–Crippen LogP) is 5.79. The van der Waals surface area contributed by atoms with Gasteiger partial charge in [0.25, 0.3) is 0 Å². The highest BCUT2D eigenvalue weighted by Gasteiger charge is 2.12. The van der Waals surface area contributed by atoms with E-state index in [9.17, 15) is 9.32 Å². The Labute approximate surface area is 142 Å². The van der Waals surface area contributed by atoms with Gasteiger partial charge in [0.2, 0.25) is 0 Å². The second-order valence-corrected chi connectivity index (χ2v) is 6.16. The molecular weight excluding hydrogens is 398 g/mol. The Balaban J connectivity index is 2.24. The van der Waals surface area contributed by atoms with Gasteiger partial charge in [0.05, 0.1) is 14.9 Å². The van der Waals surface area contributed by atoms with Crippen LogP contribution in [-0.2, 0) is 0 Å². The Hall–Kier alpha value is -1.56. The molecule has 0 saturated heterocycles. The summed E-state index contributed by atoms with van der Waals surface area (Å²) in [7, 11) is 0. The van der Waals surface area contributed by atoms with Crippen LogP contribution in [0.4, 0.5) is 4.53 Å². The van der Waals surface area contributed by atoms with Crippen molar-refractivity contribution in [3.8, 4) is 17.1 Å². The minimum atomic E-state index is -0.275. The molecule has 0 spiro atoms. The summed E-state index contributed by atoms with van der Waals surface area (Å²) in [6.45, 7) is 0. The minimum absolute atomic E-state index is 0.0247. The van der Waals surface area contributed by atoms with E-state index in [1.165, 1.54) is 24.3 Å². The molecule has 3 rings (SSSR count). The zero-order chi connectivity index (χ0) is 15.9. The number of fused-ring (bicyclic) bond motifs is 1. The van der Waals surface area contributed by atoms with Crippen molar-refractivity contribution in [2.45, 2.75) is 0 Å². The summed E-state index contributed by atoms with van der Waals surface area (Å²) in [4.78, 5) is 15.9. The third kappa shape index (κ3) is 2.72. The van der Waals surface area contributed by atoms with Crippen LogP contribution in [0.15, 0.2) is 50.1 Å². The van der Waals surface area contributed by atoms with Crippen LogP contribution in [0.25, 0.3) is 22.3 Å². The first-order valence-electron chi connectivity index (χ1n) is 6.01. The molecule has 0 radical (unpaired) electrons. The van der Waals surface area contributed by atoms with Crippen molar-refractivity contribution in [2.75, 3.05) is 0 Å². The van der Waals surface area contributed by atoms with E-state index in [-0.39, 0.29) is 21.8 Å². The van der Waals surface area contributed by atoms with Crippen LogP contribution in [0.2, 0.25) is 10.0 Å². The molecule has 0 aliphatic rings. The molecule has 0 saturated carbocycles. The third-order valence-corrected chi connectivity index (χ3v) is 4.17. The largest absolute Gasteiger partial charge is 0.454 e. The lowest BCUT2D eigenvalue weighted by Gasteiger charge is -2.06. The number of halogens is 4. The molecule has 2 aromatic carbocycles. The minimum Gasteiger partial charge on any atom is -0.454 e. The van der Waals surface area contributed by atoms with E-state index in [2.05, 4.69) is 20.9 Å². The van der Waals surface area contributed by atoms with Gasteiger partial charge in [0.15, 0.2) is 16.8 Å². The van der Waals surface area contributed by atoms with Crippen molar-refractivity contribution in [1.29, 1.82) is 0 Å². The van der Waals surface area contributed by atoms with Gasteiger partial charge in [-0.3, -0.25) is 9.74 Å². The highest BCUT2D eigenvalue weighted by atomic mass is 79.9. The zero-order valence-electron chi connectivity index (χ0n) is 10.7. The van der Waals surface area contributed by atoms with Gasteiger partial charge in [0.1, 0.15) is 5.76 Å². The number of hydrogen-bond acceptors (Lipinski definition) is 3. The molecule has 3 aromatic rings. The Kier molecular flexibility index (Phi) is 4.12. The fourth-order valence-electron chi connectivity index (χ4n) is 2.04. The van der Waals surface area contributed by atoms with Gasteiger partial charge in [-0.25, -0.2) is 0 Å². The van der Waals surface area contributed by atoms with Crippen LogP contribution >= 0.6 is 39.1 Å². The van der Waals surface area contributed by atoms with Crippen molar-refractivity contribution >= 4 is 50.1 Å². The van der Waals surface area contributed by atoms with Crippen molar-refractivity contribution in [3.05, 3.63) is 61.1 Å². The van der Waals surface area contributed by atoms with E-state index in [0.717, 1.165) is 0 Å². The lowest BCUT2D eigenvalue weighted by Crippen LogP contribution is -2.00. The molecule has 0 fully saturated rings. The highest BCUT2D eigenvalue weighted by molar-refractivity contribution is 9.10. The number of benzene rings is 2. The summed E-state index contributed by atoms with van der Waals surface area (Å²) in [6.07, 6.45) is 0. The second kappa shape index (κ2) is 5.91. The van der Waals surface area contributed by atoms with E-state index < -0.39 is 0 Å². The molecule has 1 heterocycles. The molecule has 0 aliphatic heterocycles. The van der Waals surface area contributed by atoms with Crippen molar-refractivity contribution < 1.29 is 13.9 Å². The van der Waals surface area contributed by atoms with Gasteiger partial charge in [-0.2, -0.15) is 0 Å². The number of hydrogen-bond donors (Lipinski definition) is 0. The smallest absolute Gasteiger partial charge is 0.193 e. The van der Waals surface area contributed by atoms with E-state index in [0.29, 0.717) is 26.2 Å². The van der Waals surface area contributed by atoms with E-state index >= 15 is 0 Å². The molecule has 112 valence electrons. The third-order valence-electron chi connectivity index (χ3n) is 3.05. The molecule has 0 amide bonds. The van der Waals surface area contributed by atoms with E-state index in [1.807, 2.05) is 0 Å². The van der Waals surface area contributed by atoms with Gasteiger partial charge >= 0.3 is 0 Å². The van der Waals surface area contributed by atoms with Crippen LogP contribution in [0, 0.1) is 0 Å². The van der Waals surface area contributed by atoms with Crippen LogP contribution in [0.3, 0.4) is 0 Å². The molecular formula is C15H6BrCl2FO3. The second-order valence-electron chi connectivity index (χ2n) is 4.46. The summed E-state index contributed by atoms with van der Waals surface area (Å²) < 4.78 is 18.3. The fraction of sp³-hybridized carbons (Fsp3) is 0. The molecule has 7 heteroatoms. The zero-order valence-corrected chi connectivity index (χ0v) is 13.8. The standard InChI is InChI=1S/C15H6BrCl2FO3/c16-10-3-7(1-2-13(10)22-19)14-6-12(20)9-4-8(17)5-11(18)15(9)21-14/h1-6H. The highest BCUT2D eigenvalue weighted by Crippen LogP contribution is 2.33. The van der Waals surface area contributed by atoms with Crippen LogP contribution in [0.5, 0.6) is 5.75 Å². The first kappa shape index (κ1) is 15.3. The molecule has 0 unspecified atom stereocenters. The van der Waals surface area contributed by atoms with Crippen molar-refractivity contribution in [1.82, 2.24) is 0 Å². The van der Waals surface area contributed by atoms with Crippen LogP contribution < -0.4 is 10.4 Å². The van der Waals surface area contributed by atoms with Gasteiger partial charge in [0, 0.05) is 21.2 Å². The van der Waals surface area contributed by atoms with Gasteiger partial charge in [-0.15, -0.1) is 0 Å². The van der Waals surface area contributed by atoms with Crippen molar-refractivity contribution in [2.24, 2.45) is 0 Å². The van der Waals surface area contributed by atoms with Crippen LogP contribution in [-0.4, -0.2) is 0 Å². The monoisotopic (exact) mass is 402 g/mol. The first-order chi connectivity index (χ1) is 10.5. The molecule has 0 atom stereocenters. The fourth-order valence-corrected chi connectivity index (χ4v) is 3.01. The molecule has 0 N–H and O–H groups in total. The lowest BCUT2D eigenvalue weighted by atomic mass is 10.1. The molecule has 3 nitrogen and oxygen atoms in total. The van der Waals surface area contributed by atoms with Crippen LogP contribution in [0.1, 0.15) is 0 Å². The molecule has 22 heavy (non-hydrogen) atoms. The average molecular weight is 404 g/mol. The summed E-state index contributed by atoms with van der Waals surface area (Å²) in [6, 6.07) is 8.86. The molecule has 0 aliphatic carbocycles. The van der Waals surface area contributed by atoms with Crippen molar-refractivity contribution in [3.63, 3.8) is 0 Å². The Morgan fingerprint density at radius 1 is 1.14 bits per heavy atom. The molecule has 1 aromatic heterocycles. The Morgan fingerprint density at radius 3 is 2.59 bits per heavy atom. The molecule has 0 bridgehead atoms. The summed E-state index contributed by atoms with van der Waals surface area (Å²) in [5.74, 6) is 0.324. The normalized spacial score (nSPS) is 10.9. The summed E-state index contributed by atoms with van der Waals surface area (Å²) in [5, 5.41) is 0.887. The maximum Gasteiger partial charge on any atom is 0.193 e. The Morgan fingerprint density at radius 2 is 1.91 bits per heavy atom. The maximum absolute atomic E-state index is 12.3. The summed E-state index contributed by atoms with van der Waals surface area (Å²) in [5.41, 5.74) is 0.538. The average Bonchev–Trinajstić information content (AvgIpc) is 2.48. The Bertz CT molecular complexity index is 940. The van der Waals surface area contributed by atoms with Gasteiger partial charge in [-0.1, -0.05) is 23.2 Å². The summed E-state index contributed by atoms with van der Waals surface area (Å²) >= 11 is 15.1. The van der Waals surface area contributed by atoms with E-state index in [1.54, 1.807) is 12.1 Å². The lowest BCUT2D eigenvalue weighted by molar-refractivity contribution is -0.00712. The topological polar surface area (TPSA) is 39.4 Å². The maximum atomic E-state index is 12.3. The quantitative estimate of drug-likeness (QED) is 0.543. The first-order valence-corrected chi connectivity index (χ1v) is 7.56. The van der Waals surface area contributed by atoms with Gasteiger partial charge in [-0.05, 0) is 46.3 Å². The van der Waals surface area contributed by atoms with E-state index in [4.69, 9.17) is 27.6 Å². The SMILES string of the molecule is O=c1cc(-c2ccc(OF)c(Br)c2)oc2c(Cl)cc(Cl)cc12. The van der Waals surface area contributed by atoms with Gasteiger partial charge < -0.3 is 4.42 Å².